The molecule has 0 aliphatic rings. The molecule has 1 aromatic carbocycles. The summed E-state index contributed by atoms with van der Waals surface area (Å²) in [6.07, 6.45) is 2.92. The Morgan fingerprint density at radius 2 is 1.89 bits per heavy atom. The van der Waals surface area contributed by atoms with E-state index in [1.165, 1.54) is 6.33 Å². The zero-order chi connectivity index (χ0) is 12.5. The highest BCUT2D eigenvalue weighted by Gasteiger charge is 2.05. The second kappa shape index (κ2) is 4.45. The van der Waals surface area contributed by atoms with Gasteiger partial charge in [-0.05, 0) is 34.7 Å². The minimum absolute atomic E-state index is 0.256. The molecule has 0 aliphatic carbocycles. The van der Waals surface area contributed by atoms with Crippen LogP contribution in [0, 0.1) is 3.57 Å². The van der Waals surface area contributed by atoms with Gasteiger partial charge < -0.3 is 4.98 Å². The number of nitrogens with zero attached hydrogens (tertiary/aromatic N) is 3. The van der Waals surface area contributed by atoms with Crippen molar-refractivity contribution in [3.05, 3.63) is 50.7 Å². The van der Waals surface area contributed by atoms with Gasteiger partial charge >= 0.3 is 0 Å². The van der Waals surface area contributed by atoms with Crippen molar-refractivity contribution in [3.8, 4) is 11.3 Å². The van der Waals surface area contributed by atoms with E-state index in [1.807, 2.05) is 24.3 Å². The molecule has 3 rings (SSSR count). The van der Waals surface area contributed by atoms with E-state index >= 15 is 0 Å². The van der Waals surface area contributed by atoms with Gasteiger partial charge in [0.2, 0.25) is 0 Å². The molecule has 5 nitrogen and oxygen atoms in total. The molecule has 0 unspecified atom stereocenters. The van der Waals surface area contributed by atoms with Crippen molar-refractivity contribution in [1.82, 2.24) is 19.9 Å². The van der Waals surface area contributed by atoms with Crippen LogP contribution in [0.2, 0.25) is 0 Å². The Morgan fingerprint density at radius 3 is 2.67 bits per heavy atom. The number of fused-ring (bicyclic) bond motifs is 1. The quantitative estimate of drug-likeness (QED) is 0.682. The second-order valence-electron chi connectivity index (χ2n) is 3.67. The van der Waals surface area contributed by atoms with Crippen LogP contribution >= 0.6 is 22.6 Å². The number of rotatable bonds is 1. The average Bonchev–Trinajstić information content (AvgIpc) is 2.39. The van der Waals surface area contributed by atoms with E-state index in [2.05, 4.69) is 42.5 Å². The van der Waals surface area contributed by atoms with Crippen molar-refractivity contribution < 1.29 is 0 Å². The molecule has 6 heteroatoms. The number of hydrogen-bond acceptors (Lipinski definition) is 4. The Morgan fingerprint density at radius 1 is 1.11 bits per heavy atom. The first-order chi connectivity index (χ1) is 8.74. The second-order valence-corrected chi connectivity index (χ2v) is 4.91. The van der Waals surface area contributed by atoms with Crippen molar-refractivity contribution in [3.63, 3.8) is 0 Å². The molecule has 0 radical (unpaired) electrons. The van der Waals surface area contributed by atoms with Gasteiger partial charge in [0.25, 0.3) is 5.56 Å². The molecule has 0 spiro atoms. The summed E-state index contributed by atoms with van der Waals surface area (Å²) in [6, 6.07) is 7.91. The lowest BCUT2D eigenvalue weighted by molar-refractivity contribution is 1.11. The van der Waals surface area contributed by atoms with Gasteiger partial charge in [0.1, 0.15) is 0 Å². The molecule has 2 aromatic heterocycles. The molecule has 0 amide bonds. The summed E-state index contributed by atoms with van der Waals surface area (Å²) in [4.78, 5) is 26.4. The molecule has 1 N–H and O–H groups in total. The Labute approximate surface area is 115 Å². The molecule has 0 aliphatic heterocycles. The summed E-state index contributed by atoms with van der Waals surface area (Å²) in [7, 11) is 0. The fourth-order valence-electron chi connectivity index (χ4n) is 1.61. The summed E-state index contributed by atoms with van der Waals surface area (Å²) in [5.41, 5.74) is 1.99. The Hall–Kier alpha value is -1.83. The van der Waals surface area contributed by atoms with E-state index in [1.54, 1.807) is 6.20 Å². The SMILES string of the molecule is O=c1[nH]cnc2nc(-c3ccc(I)cc3)cnc12. The number of hydrogen-bond donors (Lipinski definition) is 1. The van der Waals surface area contributed by atoms with Crippen molar-refractivity contribution in [1.29, 1.82) is 0 Å². The molecule has 0 saturated carbocycles. The number of aromatic nitrogens is 4. The minimum Gasteiger partial charge on any atom is -0.311 e. The Bertz CT molecular complexity index is 767. The molecule has 0 saturated heterocycles. The van der Waals surface area contributed by atoms with Crippen molar-refractivity contribution in [2.45, 2.75) is 0 Å². The third kappa shape index (κ3) is 1.99. The summed E-state index contributed by atoms with van der Waals surface area (Å²) < 4.78 is 1.15. The number of halogens is 1. The van der Waals surface area contributed by atoms with Crippen LogP contribution < -0.4 is 5.56 Å². The normalized spacial score (nSPS) is 10.7. The van der Waals surface area contributed by atoms with Crippen LogP contribution in [-0.4, -0.2) is 19.9 Å². The first-order valence-corrected chi connectivity index (χ1v) is 6.28. The van der Waals surface area contributed by atoms with Crippen LogP contribution in [0.4, 0.5) is 0 Å². The van der Waals surface area contributed by atoms with Gasteiger partial charge in [-0.2, -0.15) is 0 Å². The van der Waals surface area contributed by atoms with Crippen LogP contribution in [0.15, 0.2) is 41.6 Å². The van der Waals surface area contributed by atoms with E-state index in [9.17, 15) is 4.79 Å². The van der Waals surface area contributed by atoms with Crippen LogP contribution in [0.5, 0.6) is 0 Å². The topological polar surface area (TPSA) is 71.5 Å². The number of benzene rings is 1. The smallest absolute Gasteiger partial charge is 0.278 e. The van der Waals surface area contributed by atoms with E-state index < -0.39 is 0 Å². The van der Waals surface area contributed by atoms with Gasteiger partial charge in [0.05, 0.1) is 18.2 Å². The molecular weight excluding hydrogens is 343 g/mol. The summed E-state index contributed by atoms with van der Waals surface area (Å²) >= 11 is 2.24. The van der Waals surface area contributed by atoms with Gasteiger partial charge in [-0.3, -0.25) is 4.79 Å². The predicted octanol–water partition coefficient (Wildman–Crippen LogP) is 1.98. The third-order valence-corrected chi connectivity index (χ3v) is 3.21. The zero-order valence-electron chi connectivity index (χ0n) is 9.09. The van der Waals surface area contributed by atoms with Crippen LogP contribution in [0.1, 0.15) is 0 Å². The highest BCUT2D eigenvalue weighted by molar-refractivity contribution is 14.1. The minimum atomic E-state index is -0.276. The fourth-order valence-corrected chi connectivity index (χ4v) is 1.97. The molecule has 0 atom stereocenters. The Kier molecular flexibility index (Phi) is 2.78. The lowest BCUT2D eigenvalue weighted by Gasteiger charge is -2.01. The van der Waals surface area contributed by atoms with E-state index in [-0.39, 0.29) is 11.1 Å². The molecular formula is C12H7IN4O. The van der Waals surface area contributed by atoms with Crippen LogP contribution in [0.3, 0.4) is 0 Å². The van der Waals surface area contributed by atoms with E-state index in [0.717, 1.165) is 9.13 Å². The highest BCUT2D eigenvalue weighted by atomic mass is 127. The number of nitrogens with one attached hydrogen (secondary N) is 1. The summed E-state index contributed by atoms with van der Waals surface area (Å²) in [6.45, 7) is 0. The largest absolute Gasteiger partial charge is 0.311 e. The first kappa shape index (κ1) is 11.3. The lowest BCUT2D eigenvalue weighted by Crippen LogP contribution is -2.09. The summed E-state index contributed by atoms with van der Waals surface area (Å²) in [5.74, 6) is 0. The first-order valence-electron chi connectivity index (χ1n) is 5.20. The Balaban J connectivity index is 2.19. The van der Waals surface area contributed by atoms with Crippen molar-refractivity contribution in [2.24, 2.45) is 0 Å². The van der Waals surface area contributed by atoms with Gasteiger partial charge in [0.15, 0.2) is 11.2 Å². The van der Waals surface area contributed by atoms with Crippen LogP contribution in [0.25, 0.3) is 22.4 Å². The van der Waals surface area contributed by atoms with Gasteiger partial charge in [-0.1, -0.05) is 12.1 Å². The zero-order valence-corrected chi connectivity index (χ0v) is 11.2. The van der Waals surface area contributed by atoms with Gasteiger partial charge in [-0.25, -0.2) is 15.0 Å². The van der Waals surface area contributed by atoms with Crippen LogP contribution in [-0.2, 0) is 0 Å². The maximum absolute atomic E-state index is 11.5. The van der Waals surface area contributed by atoms with Crippen molar-refractivity contribution in [2.75, 3.05) is 0 Å². The summed E-state index contributed by atoms with van der Waals surface area (Å²) in [5, 5.41) is 0. The molecule has 88 valence electrons. The molecule has 3 aromatic rings. The van der Waals surface area contributed by atoms with Gasteiger partial charge in [-0.15, -0.1) is 0 Å². The molecule has 2 heterocycles. The standard InChI is InChI=1S/C12H7IN4O/c13-8-3-1-7(2-4-8)9-5-14-10-11(17-9)15-6-16-12(10)18/h1-6H,(H,15,16,17,18). The monoisotopic (exact) mass is 350 g/mol. The average molecular weight is 350 g/mol. The third-order valence-electron chi connectivity index (χ3n) is 2.49. The maximum Gasteiger partial charge on any atom is 0.278 e. The van der Waals surface area contributed by atoms with Gasteiger partial charge in [0, 0.05) is 9.13 Å². The lowest BCUT2D eigenvalue weighted by atomic mass is 10.2. The molecule has 18 heavy (non-hydrogen) atoms. The van der Waals surface area contributed by atoms with Crippen molar-refractivity contribution >= 4 is 33.8 Å². The fraction of sp³-hybridized carbons (Fsp3) is 0. The number of aromatic amines is 1. The molecule has 0 fully saturated rings. The maximum atomic E-state index is 11.5. The van der Waals surface area contributed by atoms with E-state index in [4.69, 9.17) is 0 Å². The molecule has 0 bridgehead atoms. The number of H-pyrrole nitrogens is 1. The van der Waals surface area contributed by atoms with E-state index in [0.29, 0.717) is 11.3 Å². The highest BCUT2D eigenvalue weighted by Crippen LogP contribution is 2.18. The predicted molar refractivity (Wildman–Crippen MR) is 76.1 cm³/mol.